The molecule has 1 aromatic carbocycles. The number of primary amides is 1. The van der Waals surface area contributed by atoms with Gasteiger partial charge in [0.1, 0.15) is 11.8 Å². The maximum atomic E-state index is 12.3. The standard InChI is InChI=1S/C17H21N3O6/c1-26-12-4-2-11(3-5-12)20-9-10(8-15(20)22)16(23)19-13(17(24)25)6-7-14(18)21/h2-5,10,13H,6-9H2,1H3,(H2,18,21)(H,19,23)(H,24,25). The average Bonchev–Trinajstić information content (AvgIpc) is 3.00. The Morgan fingerprint density at radius 1 is 1.35 bits per heavy atom. The number of methoxy groups -OCH3 is 1. The van der Waals surface area contributed by atoms with Gasteiger partial charge in [0.2, 0.25) is 17.7 Å². The Morgan fingerprint density at radius 3 is 2.54 bits per heavy atom. The maximum Gasteiger partial charge on any atom is 0.326 e. The monoisotopic (exact) mass is 363 g/mol. The number of rotatable bonds is 8. The summed E-state index contributed by atoms with van der Waals surface area (Å²) in [6.45, 7) is 0.152. The number of nitrogens with one attached hydrogen (secondary N) is 1. The van der Waals surface area contributed by atoms with E-state index >= 15 is 0 Å². The minimum Gasteiger partial charge on any atom is -0.497 e. The molecule has 2 atom stereocenters. The van der Waals surface area contributed by atoms with E-state index < -0.39 is 29.7 Å². The first kappa shape index (κ1) is 19.2. The number of anilines is 1. The fraction of sp³-hybridized carbons (Fsp3) is 0.412. The molecule has 3 amide bonds. The maximum absolute atomic E-state index is 12.3. The van der Waals surface area contributed by atoms with Gasteiger partial charge in [-0.25, -0.2) is 4.79 Å². The van der Waals surface area contributed by atoms with E-state index in [0.29, 0.717) is 11.4 Å². The van der Waals surface area contributed by atoms with Gasteiger partial charge in [-0.2, -0.15) is 0 Å². The Hall–Kier alpha value is -3.10. The van der Waals surface area contributed by atoms with Crippen molar-refractivity contribution in [1.29, 1.82) is 0 Å². The van der Waals surface area contributed by atoms with Gasteiger partial charge < -0.3 is 25.8 Å². The number of amides is 3. The molecular formula is C17H21N3O6. The van der Waals surface area contributed by atoms with Gasteiger partial charge in [-0.15, -0.1) is 0 Å². The Labute approximate surface area is 150 Å². The lowest BCUT2D eigenvalue weighted by Crippen LogP contribution is -2.44. The van der Waals surface area contributed by atoms with Crippen LogP contribution in [-0.4, -0.2) is 48.5 Å². The van der Waals surface area contributed by atoms with E-state index in [1.54, 1.807) is 24.3 Å². The van der Waals surface area contributed by atoms with Gasteiger partial charge in [0, 0.05) is 25.1 Å². The minimum absolute atomic E-state index is 0.0139. The van der Waals surface area contributed by atoms with Crippen LogP contribution in [0.4, 0.5) is 5.69 Å². The molecule has 0 radical (unpaired) electrons. The van der Waals surface area contributed by atoms with Crippen molar-refractivity contribution in [2.75, 3.05) is 18.6 Å². The van der Waals surface area contributed by atoms with Crippen molar-refractivity contribution in [2.24, 2.45) is 11.7 Å². The molecule has 0 aliphatic carbocycles. The Kier molecular flexibility index (Phi) is 6.16. The first-order valence-corrected chi connectivity index (χ1v) is 8.07. The SMILES string of the molecule is COc1ccc(N2CC(C(=O)NC(CCC(N)=O)C(=O)O)CC2=O)cc1. The number of nitrogens with zero attached hydrogens (tertiary/aromatic N) is 1. The van der Waals surface area contributed by atoms with E-state index in [0.717, 1.165) is 0 Å². The van der Waals surface area contributed by atoms with Crippen LogP contribution in [0.3, 0.4) is 0 Å². The third-order valence-electron chi connectivity index (χ3n) is 4.17. The predicted molar refractivity (Wildman–Crippen MR) is 91.4 cm³/mol. The first-order valence-electron chi connectivity index (χ1n) is 8.07. The highest BCUT2D eigenvalue weighted by Crippen LogP contribution is 2.27. The second-order valence-electron chi connectivity index (χ2n) is 6.01. The van der Waals surface area contributed by atoms with Crippen LogP contribution >= 0.6 is 0 Å². The van der Waals surface area contributed by atoms with E-state index in [4.69, 9.17) is 15.6 Å². The molecule has 2 rings (SSSR count). The van der Waals surface area contributed by atoms with Gasteiger partial charge in [0.05, 0.1) is 13.0 Å². The number of nitrogens with two attached hydrogens (primary N) is 1. The van der Waals surface area contributed by atoms with E-state index in [1.807, 2.05) is 0 Å². The zero-order valence-corrected chi connectivity index (χ0v) is 14.3. The lowest BCUT2D eigenvalue weighted by molar-refractivity contribution is -0.142. The molecule has 26 heavy (non-hydrogen) atoms. The average molecular weight is 363 g/mol. The predicted octanol–water partition coefficient (Wildman–Crippen LogP) is -0.117. The molecule has 9 heteroatoms. The Morgan fingerprint density at radius 2 is 2.00 bits per heavy atom. The zero-order valence-electron chi connectivity index (χ0n) is 14.3. The van der Waals surface area contributed by atoms with Crippen molar-refractivity contribution in [1.82, 2.24) is 5.32 Å². The molecule has 0 spiro atoms. The number of aliphatic carboxylic acids is 1. The number of carboxylic acids is 1. The van der Waals surface area contributed by atoms with Crippen LogP contribution < -0.4 is 20.7 Å². The summed E-state index contributed by atoms with van der Waals surface area (Å²) in [5.41, 5.74) is 5.64. The number of carboxylic acid groups (broad SMARTS) is 1. The quantitative estimate of drug-likeness (QED) is 0.588. The highest BCUT2D eigenvalue weighted by atomic mass is 16.5. The lowest BCUT2D eigenvalue weighted by atomic mass is 10.1. The van der Waals surface area contributed by atoms with E-state index in [1.165, 1.54) is 12.0 Å². The van der Waals surface area contributed by atoms with E-state index in [2.05, 4.69) is 5.32 Å². The molecule has 140 valence electrons. The first-order chi connectivity index (χ1) is 12.3. The van der Waals surface area contributed by atoms with E-state index in [9.17, 15) is 19.2 Å². The largest absolute Gasteiger partial charge is 0.497 e. The second-order valence-corrected chi connectivity index (χ2v) is 6.01. The summed E-state index contributed by atoms with van der Waals surface area (Å²) < 4.78 is 5.07. The van der Waals surface area contributed by atoms with Crippen LogP contribution in [0.5, 0.6) is 5.75 Å². The molecule has 9 nitrogen and oxygen atoms in total. The molecular weight excluding hydrogens is 342 g/mol. The number of hydrogen-bond donors (Lipinski definition) is 3. The Bertz CT molecular complexity index is 703. The highest BCUT2D eigenvalue weighted by molar-refractivity contribution is 6.00. The van der Waals surface area contributed by atoms with Gasteiger partial charge in [-0.3, -0.25) is 14.4 Å². The van der Waals surface area contributed by atoms with Crippen molar-refractivity contribution >= 4 is 29.4 Å². The van der Waals surface area contributed by atoms with Crippen molar-refractivity contribution in [3.63, 3.8) is 0 Å². The summed E-state index contributed by atoms with van der Waals surface area (Å²) in [7, 11) is 1.54. The second kappa shape index (κ2) is 8.32. The molecule has 1 saturated heterocycles. The zero-order chi connectivity index (χ0) is 19.3. The fourth-order valence-electron chi connectivity index (χ4n) is 2.73. The summed E-state index contributed by atoms with van der Waals surface area (Å²) in [6.07, 6.45) is -0.266. The molecule has 4 N–H and O–H groups in total. The van der Waals surface area contributed by atoms with Gasteiger partial charge in [-0.1, -0.05) is 0 Å². The normalized spacial score (nSPS) is 17.7. The van der Waals surface area contributed by atoms with Crippen LogP contribution in [0.15, 0.2) is 24.3 Å². The molecule has 0 saturated carbocycles. The molecule has 1 aliphatic heterocycles. The summed E-state index contributed by atoms with van der Waals surface area (Å²) in [5, 5.41) is 11.5. The van der Waals surface area contributed by atoms with Gasteiger partial charge in [-0.05, 0) is 30.7 Å². The van der Waals surface area contributed by atoms with Crippen LogP contribution in [0.2, 0.25) is 0 Å². The minimum atomic E-state index is -1.25. The van der Waals surface area contributed by atoms with Gasteiger partial charge in [0.25, 0.3) is 0 Å². The number of ether oxygens (including phenoxy) is 1. The van der Waals surface area contributed by atoms with Crippen molar-refractivity contribution in [2.45, 2.75) is 25.3 Å². The number of carbonyl (C=O) groups excluding carboxylic acids is 3. The van der Waals surface area contributed by atoms with Crippen LogP contribution in [0, 0.1) is 5.92 Å². The highest BCUT2D eigenvalue weighted by Gasteiger charge is 2.36. The fourth-order valence-corrected chi connectivity index (χ4v) is 2.73. The summed E-state index contributed by atoms with van der Waals surface area (Å²) in [6, 6.07) is 5.62. The lowest BCUT2D eigenvalue weighted by Gasteiger charge is -2.18. The third kappa shape index (κ3) is 4.71. The molecule has 1 aromatic rings. The summed E-state index contributed by atoms with van der Waals surface area (Å²) in [4.78, 5) is 48.1. The number of carbonyl (C=O) groups is 4. The molecule has 1 aliphatic rings. The molecule has 2 unspecified atom stereocenters. The van der Waals surface area contributed by atoms with Crippen molar-refractivity contribution < 1.29 is 29.0 Å². The van der Waals surface area contributed by atoms with Gasteiger partial charge >= 0.3 is 5.97 Å². The van der Waals surface area contributed by atoms with E-state index in [-0.39, 0.29) is 31.7 Å². The Balaban J connectivity index is 2.00. The topological polar surface area (TPSA) is 139 Å². The smallest absolute Gasteiger partial charge is 0.326 e. The molecule has 0 bridgehead atoms. The summed E-state index contributed by atoms with van der Waals surface area (Å²) >= 11 is 0. The molecule has 1 fully saturated rings. The number of hydrogen-bond acceptors (Lipinski definition) is 5. The summed E-state index contributed by atoms with van der Waals surface area (Å²) in [5.74, 6) is -2.68. The molecule has 1 heterocycles. The van der Waals surface area contributed by atoms with Crippen LogP contribution in [-0.2, 0) is 19.2 Å². The van der Waals surface area contributed by atoms with Gasteiger partial charge in [0.15, 0.2) is 0 Å². The van der Waals surface area contributed by atoms with Crippen LogP contribution in [0.1, 0.15) is 19.3 Å². The number of benzene rings is 1. The van der Waals surface area contributed by atoms with Crippen LogP contribution in [0.25, 0.3) is 0 Å². The van der Waals surface area contributed by atoms with Crippen molar-refractivity contribution in [3.8, 4) is 5.75 Å². The van der Waals surface area contributed by atoms with Crippen molar-refractivity contribution in [3.05, 3.63) is 24.3 Å². The third-order valence-corrected chi connectivity index (χ3v) is 4.17. The molecule has 0 aromatic heterocycles.